The molecule has 76 valence electrons. The lowest BCUT2D eigenvalue weighted by Gasteiger charge is -2.09. The Balaban J connectivity index is 2.20. The fourth-order valence-electron chi connectivity index (χ4n) is 1.01. The number of hydrogen-bond donors (Lipinski definition) is 0. The first-order chi connectivity index (χ1) is 6.13. The standard InChI is InChI=1S/C8H14O5/c1-5-6(2)13-7(12-5)4-11-8(9)10-3/h5-7H,4H2,1-3H3. The normalized spacial score (nSPS) is 33.0. The molecule has 0 bridgehead atoms. The lowest BCUT2D eigenvalue weighted by molar-refractivity contribution is -0.100. The van der Waals surface area contributed by atoms with E-state index in [4.69, 9.17) is 9.47 Å². The van der Waals surface area contributed by atoms with Gasteiger partial charge in [0.2, 0.25) is 0 Å². The van der Waals surface area contributed by atoms with Crippen molar-refractivity contribution in [2.45, 2.75) is 32.3 Å². The molecule has 1 rings (SSSR count). The number of carbonyl (C=O) groups is 1. The molecule has 0 aromatic carbocycles. The molecule has 0 aliphatic carbocycles. The largest absolute Gasteiger partial charge is 0.508 e. The van der Waals surface area contributed by atoms with Gasteiger partial charge in [0, 0.05) is 0 Å². The monoisotopic (exact) mass is 190 g/mol. The van der Waals surface area contributed by atoms with Crippen LogP contribution < -0.4 is 0 Å². The summed E-state index contributed by atoms with van der Waals surface area (Å²) in [6.45, 7) is 3.88. The number of rotatable bonds is 2. The first kappa shape index (κ1) is 10.3. The Morgan fingerprint density at radius 1 is 1.31 bits per heavy atom. The summed E-state index contributed by atoms with van der Waals surface area (Å²) in [5.74, 6) is 0. The summed E-state index contributed by atoms with van der Waals surface area (Å²) in [5, 5.41) is 0. The van der Waals surface area contributed by atoms with Crippen LogP contribution in [-0.2, 0) is 18.9 Å². The molecule has 0 N–H and O–H groups in total. The Morgan fingerprint density at radius 3 is 2.31 bits per heavy atom. The maximum absolute atomic E-state index is 10.6. The Kier molecular flexibility index (Phi) is 3.50. The van der Waals surface area contributed by atoms with Gasteiger partial charge >= 0.3 is 6.16 Å². The molecule has 1 fully saturated rings. The third kappa shape index (κ3) is 2.86. The fourth-order valence-corrected chi connectivity index (χ4v) is 1.01. The summed E-state index contributed by atoms with van der Waals surface area (Å²) >= 11 is 0. The maximum atomic E-state index is 10.6. The van der Waals surface area contributed by atoms with Crippen molar-refractivity contribution in [3.8, 4) is 0 Å². The molecule has 0 aromatic heterocycles. The van der Waals surface area contributed by atoms with Crippen molar-refractivity contribution < 1.29 is 23.7 Å². The van der Waals surface area contributed by atoms with Gasteiger partial charge in [-0.2, -0.15) is 0 Å². The van der Waals surface area contributed by atoms with E-state index in [1.807, 2.05) is 13.8 Å². The maximum Gasteiger partial charge on any atom is 0.508 e. The van der Waals surface area contributed by atoms with Crippen molar-refractivity contribution in [2.24, 2.45) is 0 Å². The predicted molar refractivity (Wildman–Crippen MR) is 43.2 cm³/mol. The summed E-state index contributed by atoms with van der Waals surface area (Å²) in [4.78, 5) is 10.6. The van der Waals surface area contributed by atoms with Crippen LogP contribution in [-0.4, -0.2) is 38.4 Å². The van der Waals surface area contributed by atoms with E-state index >= 15 is 0 Å². The van der Waals surface area contributed by atoms with Gasteiger partial charge in [-0.15, -0.1) is 0 Å². The molecule has 0 amide bonds. The zero-order chi connectivity index (χ0) is 9.84. The minimum Gasteiger partial charge on any atom is -0.438 e. The van der Waals surface area contributed by atoms with Gasteiger partial charge in [-0.25, -0.2) is 4.79 Å². The van der Waals surface area contributed by atoms with Gasteiger partial charge < -0.3 is 18.9 Å². The molecule has 5 nitrogen and oxygen atoms in total. The van der Waals surface area contributed by atoms with Crippen LogP contribution in [0.4, 0.5) is 4.79 Å². The molecule has 2 unspecified atom stereocenters. The van der Waals surface area contributed by atoms with Gasteiger partial charge in [-0.05, 0) is 13.8 Å². The van der Waals surface area contributed by atoms with Crippen LogP contribution in [0, 0.1) is 0 Å². The second-order valence-electron chi connectivity index (χ2n) is 2.88. The second kappa shape index (κ2) is 4.43. The summed E-state index contributed by atoms with van der Waals surface area (Å²) in [6, 6.07) is 0. The highest BCUT2D eigenvalue weighted by Crippen LogP contribution is 2.18. The molecule has 1 heterocycles. The molecular weight excluding hydrogens is 176 g/mol. The van der Waals surface area contributed by atoms with Crippen molar-refractivity contribution in [3.05, 3.63) is 0 Å². The van der Waals surface area contributed by atoms with E-state index < -0.39 is 12.4 Å². The smallest absolute Gasteiger partial charge is 0.438 e. The average Bonchev–Trinajstić information content (AvgIpc) is 2.42. The first-order valence-electron chi connectivity index (χ1n) is 4.15. The second-order valence-corrected chi connectivity index (χ2v) is 2.88. The lowest BCUT2D eigenvalue weighted by atomic mass is 10.3. The van der Waals surface area contributed by atoms with Crippen molar-refractivity contribution >= 4 is 6.16 Å². The van der Waals surface area contributed by atoms with Crippen molar-refractivity contribution in [1.82, 2.24) is 0 Å². The van der Waals surface area contributed by atoms with E-state index in [1.54, 1.807) is 0 Å². The topological polar surface area (TPSA) is 54.0 Å². The zero-order valence-corrected chi connectivity index (χ0v) is 7.98. The summed E-state index contributed by atoms with van der Waals surface area (Å²) in [5.41, 5.74) is 0. The van der Waals surface area contributed by atoms with E-state index in [2.05, 4.69) is 9.47 Å². The van der Waals surface area contributed by atoms with Crippen LogP contribution in [0.1, 0.15) is 13.8 Å². The fraction of sp³-hybridized carbons (Fsp3) is 0.875. The first-order valence-corrected chi connectivity index (χ1v) is 4.15. The average molecular weight is 190 g/mol. The minimum absolute atomic E-state index is 0.0336. The van der Waals surface area contributed by atoms with Gasteiger partial charge in [0.25, 0.3) is 0 Å². The van der Waals surface area contributed by atoms with Crippen LogP contribution in [0.3, 0.4) is 0 Å². The lowest BCUT2D eigenvalue weighted by Crippen LogP contribution is -2.20. The Bertz CT molecular complexity index is 171. The van der Waals surface area contributed by atoms with Crippen molar-refractivity contribution in [3.63, 3.8) is 0 Å². The molecule has 0 radical (unpaired) electrons. The highest BCUT2D eigenvalue weighted by atomic mass is 16.8. The molecule has 2 atom stereocenters. The third-order valence-corrected chi connectivity index (χ3v) is 1.90. The Morgan fingerprint density at radius 2 is 1.85 bits per heavy atom. The van der Waals surface area contributed by atoms with Crippen LogP contribution >= 0.6 is 0 Å². The number of hydrogen-bond acceptors (Lipinski definition) is 5. The molecule has 13 heavy (non-hydrogen) atoms. The zero-order valence-electron chi connectivity index (χ0n) is 7.98. The summed E-state index contributed by atoms with van der Waals surface area (Å²) < 4.78 is 19.6. The quantitative estimate of drug-likeness (QED) is 0.606. The van der Waals surface area contributed by atoms with Crippen molar-refractivity contribution in [2.75, 3.05) is 13.7 Å². The molecule has 1 aliphatic rings. The predicted octanol–water partition coefficient (Wildman–Crippen LogP) is 0.919. The molecular formula is C8H14O5. The third-order valence-electron chi connectivity index (χ3n) is 1.90. The van der Waals surface area contributed by atoms with E-state index in [0.29, 0.717) is 0 Å². The molecule has 5 heteroatoms. The molecule has 0 spiro atoms. The number of ether oxygens (including phenoxy) is 4. The number of methoxy groups -OCH3 is 1. The van der Waals surface area contributed by atoms with Crippen LogP contribution in [0.5, 0.6) is 0 Å². The van der Waals surface area contributed by atoms with Crippen LogP contribution in [0.2, 0.25) is 0 Å². The van der Waals surface area contributed by atoms with Gasteiger partial charge in [0.1, 0.15) is 6.61 Å². The van der Waals surface area contributed by atoms with E-state index in [1.165, 1.54) is 7.11 Å². The van der Waals surface area contributed by atoms with Crippen molar-refractivity contribution in [1.29, 1.82) is 0 Å². The molecule has 0 aromatic rings. The highest BCUT2D eigenvalue weighted by molar-refractivity contribution is 5.59. The molecule has 1 saturated heterocycles. The van der Waals surface area contributed by atoms with Gasteiger partial charge in [0.15, 0.2) is 6.29 Å². The van der Waals surface area contributed by atoms with Gasteiger partial charge in [0.05, 0.1) is 19.3 Å². The number of carbonyl (C=O) groups excluding carboxylic acids is 1. The SMILES string of the molecule is COC(=O)OCC1OC(C)C(C)O1. The van der Waals surface area contributed by atoms with Gasteiger partial charge in [-0.1, -0.05) is 0 Å². The van der Waals surface area contributed by atoms with E-state index in [9.17, 15) is 4.79 Å². The van der Waals surface area contributed by atoms with E-state index in [-0.39, 0.29) is 18.8 Å². The van der Waals surface area contributed by atoms with Gasteiger partial charge in [-0.3, -0.25) is 0 Å². The molecule has 1 aliphatic heterocycles. The minimum atomic E-state index is -0.723. The Hall–Kier alpha value is -0.810. The summed E-state index contributed by atoms with van der Waals surface area (Å²) in [7, 11) is 1.25. The summed E-state index contributed by atoms with van der Waals surface area (Å²) in [6.07, 6.45) is -1.12. The van der Waals surface area contributed by atoms with E-state index in [0.717, 1.165) is 0 Å². The van der Waals surface area contributed by atoms with Crippen LogP contribution in [0.15, 0.2) is 0 Å². The highest BCUT2D eigenvalue weighted by Gasteiger charge is 2.30. The molecule has 0 saturated carbocycles. The van der Waals surface area contributed by atoms with Crippen LogP contribution in [0.25, 0.3) is 0 Å². The Labute approximate surface area is 76.9 Å².